The number of amides is 1. The molecule has 0 fully saturated rings. The van der Waals surface area contributed by atoms with Gasteiger partial charge in [-0.2, -0.15) is 0 Å². The number of carboxylic acids is 1. The highest BCUT2D eigenvalue weighted by molar-refractivity contribution is 5.67. The van der Waals surface area contributed by atoms with E-state index in [-0.39, 0.29) is 18.3 Å². The van der Waals surface area contributed by atoms with E-state index in [9.17, 15) is 9.59 Å². The zero-order valence-electron chi connectivity index (χ0n) is 7.41. The molecular weight excluding hydrogens is 158 g/mol. The van der Waals surface area contributed by atoms with E-state index in [1.54, 1.807) is 0 Å². The van der Waals surface area contributed by atoms with Gasteiger partial charge >= 0.3 is 5.97 Å². The van der Waals surface area contributed by atoms with E-state index < -0.39 is 5.97 Å². The van der Waals surface area contributed by atoms with E-state index in [4.69, 9.17) is 5.11 Å². The number of carbonyl (C=O) groups is 2. The van der Waals surface area contributed by atoms with E-state index >= 15 is 0 Å². The van der Waals surface area contributed by atoms with Gasteiger partial charge in [0.1, 0.15) is 0 Å². The minimum atomic E-state index is -0.818. The second-order valence-electron chi connectivity index (χ2n) is 3.13. The van der Waals surface area contributed by atoms with Crippen molar-refractivity contribution in [2.24, 2.45) is 11.8 Å². The Hall–Kier alpha value is -1.06. The molecule has 0 aliphatic carbocycles. The van der Waals surface area contributed by atoms with Crippen LogP contribution in [0.5, 0.6) is 0 Å². The van der Waals surface area contributed by atoms with Crippen LogP contribution in [0.15, 0.2) is 0 Å². The zero-order chi connectivity index (χ0) is 9.56. The normalized spacial score (nSPS) is 12.6. The van der Waals surface area contributed by atoms with Gasteiger partial charge in [-0.15, -0.1) is 0 Å². The molecule has 0 rings (SSSR count). The fourth-order valence-corrected chi connectivity index (χ4v) is 0.967. The molecule has 0 spiro atoms. The van der Waals surface area contributed by atoms with Crippen molar-refractivity contribution >= 4 is 12.4 Å². The summed E-state index contributed by atoms with van der Waals surface area (Å²) in [5.74, 6) is -0.525. The maximum atomic E-state index is 10.4. The van der Waals surface area contributed by atoms with Crippen molar-refractivity contribution in [2.75, 3.05) is 6.54 Å². The van der Waals surface area contributed by atoms with Crippen LogP contribution in [-0.4, -0.2) is 24.0 Å². The molecule has 0 radical (unpaired) electrons. The van der Waals surface area contributed by atoms with Crippen LogP contribution < -0.4 is 5.32 Å². The molecular formula is C8H15NO3. The summed E-state index contributed by atoms with van der Waals surface area (Å²) in [5, 5.41) is 11.0. The Morgan fingerprint density at radius 1 is 1.58 bits per heavy atom. The van der Waals surface area contributed by atoms with Gasteiger partial charge in [-0.3, -0.25) is 9.59 Å². The third kappa shape index (κ3) is 4.71. The van der Waals surface area contributed by atoms with Crippen molar-refractivity contribution in [1.82, 2.24) is 5.32 Å². The first-order valence-corrected chi connectivity index (χ1v) is 3.96. The average molecular weight is 173 g/mol. The lowest BCUT2D eigenvalue weighted by Gasteiger charge is -2.17. The minimum Gasteiger partial charge on any atom is -0.481 e. The summed E-state index contributed by atoms with van der Waals surface area (Å²) in [6.45, 7) is 4.33. The van der Waals surface area contributed by atoms with Gasteiger partial charge < -0.3 is 10.4 Å². The van der Waals surface area contributed by atoms with Crippen molar-refractivity contribution in [3.8, 4) is 0 Å². The van der Waals surface area contributed by atoms with E-state index in [1.165, 1.54) is 0 Å². The Kier molecular flexibility index (Phi) is 5.08. The van der Waals surface area contributed by atoms with Gasteiger partial charge in [0, 0.05) is 6.54 Å². The molecule has 0 aliphatic heterocycles. The summed E-state index contributed by atoms with van der Waals surface area (Å²) in [6.07, 6.45) is 0.704. The Morgan fingerprint density at radius 3 is 2.50 bits per heavy atom. The third-order valence-corrected chi connectivity index (χ3v) is 1.84. The Bertz CT molecular complexity index is 156. The maximum absolute atomic E-state index is 10.4. The number of carbonyl (C=O) groups excluding carboxylic acids is 1. The molecule has 2 N–H and O–H groups in total. The van der Waals surface area contributed by atoms with Crippen LogP contribution in [0, 0.1) is 11.8 Å². The smallest absolute Gasteiger partial charge is 0.303 e. The Balaban J connectivity index is 3.85. The summed E-state index contributed by atoms with van der Waals surface area (Å²) >= 11 is 0. The molecule has 12 heavy (non-hydrogen) atoms. The topological polar surface area (TPSA) is 66.4 Å². The van der Waals surface area contributed by atoms with Gasteiger partial charge in [0.15, 0.2) is 0 Å². The van der Waals surface area contributed by atoms with E-state index in [2.05, 4.69) is 5.32 Å². The lowest BCUT2D eigenvalue weighted by Crippen LogP contribution is -2.27. The fraction of sp³-hybridized carbons (Fsp3) is 0.750. The molecule has 1 amide bonds. The molecule has 0 aliphatic rings. The molecule has 1 unspecified atom stereocenters. The van der Waals surface area contributed by atoms with E-state index in [1.807, 2.05) is 13.8 Å². The summed E-state index contributed by atoms with van der Waals surface area (Å²) in [4.78, 5) is 20.3. The maximum Gasteiger partial charge on any atom is 0.303 e. The summed E-state index contributed by atoms with van der Waals surface area (Å²) in [7, 11) is 0. The predicted octanol–water partition coefficient (Wildman–Crippen LogP) is 0.479. The summed E-state index contributed by atoms with van der Waals surface area (Å²) in [5.41, 5.74) is 0. The minimum absolute atomic E-state index is 0.0210. The molecule has 0 aromatic carbocycles. The van der Waals surface area contributed by atoms with Crippen molar-refractivity contribution in [3.05, 3.63) is 0 Å². The van der Waals surface area contributed by atoms with Crippen molar-refractivity contribution < 1.29 is 14.7 Å². The van der Waals surface area contributed by atoms with Crippen LogP contribution in [0.4, 0.5) is 0 Å². The number of carboxylic acid groups (broad SMARTS) is 1. The lowest BCUT2D eigenvalue weighted by atomic mass is 9.93. The van der Waals surface area contributed by atoms with Gasteiger partial charge in [-0.1, -0.05) is 13.8 Å². The average Bonchev–Trinajstić information content (AvgIpc) is 1.96. The Morgan fingerprint density at radius 2 is 2.17 bits per heavy atom. The first kappa shape index (κ1) is 10.9. The van der Waals surface area contributed by atoms with Crippen LogP contribution in [0.3, 0.4) is 0 Å². The largest absolute Gasteiger partial charge is 0.481 e. The molecule has 1 atom stereocenters. The molecule has 0 saturated carbocycles. The SMILES string of the molecule is CC(C)C(CNC=O)CC(=O)O. The first-order valence-electron chi connectivity index (χ1n) is 3.96. The van der Waals surface area contributed by atoms with Crippen molar-refractivity contribution in [2.45, 2.75) is 20.3 Å². The third-order valence-electron chi connectivity index (χ3n) is 1.84. The van der Waals surface area contributed by atoms with Crippen LogP contribution in [-0.2, 0) is 9.59 Å². The standard InChI is InChI=1S/C8H15NO3/c1-6(2)7(3-8(11)12)4-9-5-10/h5-7H,3-4H2,1-2H3,(H,9,10)(H,11,12). The second-order valence-corrected chi connectivity index (χ2v) is 3.13. The molecule has 70 valence electrons. The predicted molar refractivity (Wildman–Crippen MR) is 44.6 cm³/mol. The van der Waals surface area contributed by atoms with Crippen LogP contribution >= 0.6 is 0 Å². The zero-order valence-corrected chi connectivity index (χ0v) is 7.41. The highest BCUT2D eigenvalue weighted by Gasteiger charge is 2.16. The van der Waals surface area contributed by atoms with E-state index in [0.29, 0.717) is 13.0 Å². The van der Waals surface area contributed by atoms with Gasteiger partial charge in [-0.05, 0) is 11.8 Å². The summed E-state index contributed by atoms with van der Waals surface area (Å²) in [6, 6.07) is 0. The molecule has 0 bridgehead atoms. The van der Waals surface area contributed by atoms with Crippen molar-refractivity contribution in [3.63, 3.8) is 0 Å². The number of rotatable bonds is 6. The first-order chi connectivity index (χ1) is 5.57. The fourth-order valence-electron chi connectivity index (χ4n) is 0.967. The summed E-state index contributed by atoms with van der Waals surface area (Å²) < 4.78 is 0. The van der Waals surface area contributed by atoms with Gasteiger partial charge in [0.2, 0.25) is 6.41 Å². The number of hydrogen-bond donors (Lipinski definition) is 2. The number of nitrogens with one attached hydrogen (secondary N) is 1. The number of hydrogen-bond acceptors (Lipinski definition) is 2. The monoisotopic (exact) mass is 173 g/mol. The molecule has 0 aromatic rings. The van der Waals surface area contributed by atoms with Crippen LogP contribution in [0.25, 0.3) is 0 Å². The highest BCUT2D eigenvalue weighted by Crippen LogP contribution is 2.13. The second kappa shape index (κ2) is 5.57. The molecule has 0 saturated heterocycles. The molecule has 4 heteroatoms. The quantitative estimate of drug-likeness (QED) is 0.574. The number of aliphatic carboxylic acids is 1. The Labute approximate surface area is 72.0 Å². The molecule has 0 aromatic heterocycles. The van der Waals surface area contributed by atoms with Gasteiger partial charge in [0.25, 0.3) is 0 Å². The van der Waals surface area contributed by atoms with Crippen molar-refractivity contribution in [1.29, 1.82) is 0 Å². The van der Waals surface area contributed by atoms with E-state index in [0.717, 1.165) is 0 Å². The van der Waals surface area contributed by atoms with Crippen LogP contribution in [0.1, 0.15) is 20.3 Å². The van der Waals surface area contributed by atoms with Gasteiger partial charge in [-0.25, -0.2) is 0 Å². The molecule has 4 nitrogen and oxygen atoms in total. The molecule has 0 heterocycles. The highest BCUT2D eigenvalue weighted by atomic mass is 16.4. The lowest BCUT2D eigenvalue weighted by molar-refractivity contribution is -0.138. The van der Waals surface area contributed by atoms with Gasteiger partial charge in [0.05, 0.1) is 6.42 Å². The van der Waals surface area contributed by atoms with Crippen LogP contribution in [0.2, 0.25) is 0 Å².